The van der Waals surface area contributed by atoms with E-state index in [2.05, 4.69) is 13.8 Å². The van der Waals surface area contributed by atoms with E-state index in [4.69, 9.17) is 9.84 Å². The molecule has 4 nitrogen and oxygen atoms in total. The van der Waals surface area contributed by atoms with Crippen LogP contribution in [0.5, 0.6) is 0 Å². The van der Waals surface area contributed by atoms with E-state index < -0.39 is 5.97 Å². The monoisotopic (exact) mass is 496 g/mol. The summed E-state index contributed by atoms with van der Waals surface area (Å²) in [6.07, 6.45) is 29.7. The Balaban J connectivity index is 3.72. The second kappa shape index (κ2) is 27.5. The summed E-state index contributed by atoms with van der Waals surface area (Å²) in [6, 6.07) is 0. The third kappa shape index (κ3) is 27.4. The average Bonchev–Trinajstić information content (AvgIpc) is 2.84. The molecule has 0 aliphatic heterocycles. The molecular formula is C31H60O4. The van der Waals surface area contributed by atoms with Gasteiger partial charge in [0, 0.05) is 12.8 Å². The molecule has 0 aromatic rings. The van der Waals surface area contributed by atoms with E-state index in [1.54, 1.807) is 0 Å². The number of unbranched alkanes of at least 4 members (excludes halogenated alkanes) is 20. The highest BCUT2D eigenvalue weighted by molar-refractivity contribution is 5.69. The number of rotatable bonds is 28. The van der Waals surface area contributed by atoms with Gasteiger partial charge in [-0.05, 0) is 25.7 Å². The van der Waals surface area contributed by atoms with Crippen LogP contribution in [0, 0.1) is 0 Å². The van der Waals surface area contributed by atoms with E-state index in [-0.39, 0.29) is 18.5 Å². The van der Waals surface area contributed by atoms with E-state index in [0.717, 1.165) is 32.1 Å². The fourth-order valence-corrected chi connectivity index (χ4v) is 4.76. The summed E-state index contributed by atoms with van der Waals surface area (Å²) in [5, 5.41) is 9.01. The van der Waals surface area contributed by atoms with Crippen molar-refractivity contribution >= 4 is 11.9 Å². The Morgan fingerprint density at radius 1 is 0.514 bits per heavy atom. The second-order valence-corrected chi connectivity index (χ2v) is 10.7. The first-order valence-corrected chi connectivity index (χ1v) is 15.5. The maximum atomic E-state index is 12.3. The lowest BCUT2D eigenvalue weighted by atomic mass is 10.0. The van der Waals surface area contributed by atoms with Crippen LogP contribution in [0.2, 0.25) is 0 Å². The zero-order valence-electron chi connectivity index (χ0n) is 23.6. The molecule has 208 valence electrons. The molecule has 0 aliphatic rings. The van der Waals surface area contributed by atoms with Crippen molar-refractivity contribution in [3.05, 3.63) is 0 Å². The number of carbonyl (C=O) groups is 2. The zero-order valence-corrected chi connectivity index (χ0v) is 23.6. The van der Waals surface area contributed by atoms with Gasteiger partial charge >= 0.3 is 11.9 Å². The molecule has 35 heavy (non-hydrogen) atoms. The topological polar surface area (TPSA) is 63.6 Å². The molecule has 0 bridgehead atoms. The van der Waals surface area contributed by atoms with Gasteiger partial charge in [-0.3, -0.25) is 9.59 Å². The van der Waals surface area contributed by atoms with Crippen LogP contribution in [0.25, 0.3) is 0 Å². The molecule has 0 aromatic heterocycles. The van der Waals surface area contributed by atoms with Crippen molar-refractivity contribution < 1.29 is 19.4 Å². The Morgan fingerprint density at radius 3 is 1.29 bits per heavy atom. The number of carbonyl (C=O) groups excluding carboxylic acids is 1. The zero-order chi connectivity index (χ0) is 25.8. The highest BCUT2D eigenvalue weighted by Gasteiger charge is 2.15. The van der Waals surface area contributed by atoms with Gasteiger partial charge in [-0.25, -0.2) is 0 Å². The summed E-state index contributed by atoms with van der Waals surface area (Å²) >= 11 is 0. The molecule has 0 radical (unpaired) electrons. The van der Waals surface area contributed by atoms with Crippen molar-refractivity contribution in [2.45, 2.75) is 187 Å². The Hall–Kier alpha value is -1.06. The van der Waals surface area contributed by atoms with E-state index in [0.29, 0.717) is 12.8 Å². The highest BCUT2D eigenvalue weighted by atomic mass is 16.5. The van der Waals surface area contributed by atoms with Gasteiger partial charge < -0.3 is 9.84 Å². The fourth-order valence-electron chi connectivity index (χ4n) is 4.76. The van der Waals surface area contributed by atoms with E-state index in [1.807, 2.05) is 0 Å². The van der Waals surface area contributed by atoms with E-state index >= 15 is 0 Å². The number of hydrogen-bond acceptors (Lipinski definition) is 3. The molecule has 0 heterocycles. The minimum absolute atomic E-state index is 0.0772. The van der Waals surface area contributed by atoms with Gasteiger partial charge in [-0.1, -0.05) is 142 Å². The van der Waals surface area contributed by atoms with Gasteiger partial charge in [0.2, 0.25) is 0 Å². The SMILES string of the molecule is CCCCCCCCCCCCCCCCC(=O)OC(CCCCCCCCCC)CCC(=O)O. The van der Waals surface area contributed by atoms with Gasteiger partial charge in [0.25, 0.3) is 0 Å². The summed E-state index contributed by atoms with van der Waals surface area (Å²) in [7, 11) is 0. The predicted molar refractivity (Wildman–Crippen MR) is 149 cm³/mol. The smallest absolute Gasteiger partial charge is 0.306 e. The van der Waals surface area contributed by atoms with Gasteiger partial charge in [0.05, 0.1) is 0 Å². The van der Waals surface area contributed by atoms with Gasteiger partial charge in [0.15, 0.2) is 0 Å². The molecule has 1 N–H and O–H groups in total. The quantitative estimate of drug-likeness (QED) is 0.0864. The van der Waals surface area contributed by atoms with Crippen LogP contribution < -0.4 is 0 Å². The number of carboxylic acids is 1. The Kier molecular flexibility index (Phi) is 26.7. The molecule has 0 saturated carbocycles. The first-order chi connectivity index (χ1) is 17.1. The van der Waals surface area contributed by atoms with Crippen molar-refractivity contribution in [2.24, 2.45) is 0 Å². The maximum Gasteiger partial charge on any atom is 0.306 e. The first kappa shape index (κ1) is 33.9. The maximum absolute atomic E-state index is 12.3. The second-order valence-electron chi connectivity index (χ2n) is 10.7. The minimum Gasteiger partial charge on any atom is -0.481 e. The molecule has 0 aliphatic carbocycles. The van der Waals surface area contributed by atoms with Crippen molar-refractivity contribution in [3.8, 4) is 0 Å². The lowest BCUT2D eigenvalue weighted by molar-refractivity contribution is -0.151. The molecule has 0 rings (SSSR count). The number of hydrogen-bond donors (Lipinski definition) is 1. The summed E-state index contributed by atoms with van der Waals surface area (Å²) in [4.78, 5) is 23.3. The Bertz CT molecular complexity index is 463. The highest BCUT2D eigenvalue weighted by Crippen LogP contribution is 2.17. The van der Waals surface area contributed by atoms with Gasteiger partial charge in [-0.2, -0.15) is 0 Å². The summed E-state index contributed by atoms with van der Waals surface area (Å²) < 4.78 is 5.67. The largest absolute Gasteiger partial charge is 0.481 e. The van der Waals surface area contributed by atoms with Crippen LogP contribution in [0.3, 0.4) is 0 Å². The van der Waals surface area contributed by atoms with E-state index in [1.165, 1.54) is 116 Å². The molecule has 0 saturated heterocycles. The molecule has 1 atom stereocenters. The third-order valence-corrected chi connectivity index (χ3v) is 7.09. The van der Waals surface area contributed by atoms with Crippen LogP contribution in [0.1, 0.15) is 181 Å². The summed E-state index contributed by atoms with van der Waals surface area (Å²) in [5.74, 6) is -0.951. The average molecular weight is 497 g/mol. The Morgan fingerprint density at radius 2 is 0.886 bits per heavy atom. The minimum atomic E-state index is -0.811. The number of aliphatic carboxylic acids is 1. The molecule has 4 heteroatoms. The van der Waals surface area contributed by atoms with E-state index in [9.17, 15) is 9.59 Å². The van der Waals surface area contributed by atoms with Crippen LogP contribution >= 0.6 is 0 Å². The van der Waals surface area contributed by atoms with Crippen LogP contribution in [-0.4, -0.2) is 23.1 Å². The molecule has 0 amide bonds. The first-order valence-electron chi connectivity index (χ1n) is 15.5. The van der Waals surface area contributed by atoms with Crippen molar-refractivity contribution in [2.75, 3.05) is 0 Å². The molecule has 1 unspecified atom stereocenters. The third-order valence-electron chi connectivity index (χ3n) is 7.09. The predicted octanol–water partition coefficient (Wildman–Crippen LogP) is 10.2. The van der Waals surface area contributed by atoms with Gasteiger partial charge in [0.1, 0.15) is 6.10 Å². The number of carboxylic acid groups (broad SMARTS) is 1. The Labute approximate surface area is 218 Å². The molecule has 0 aromatic carbocycles. The molecule has 0 fully saturated rings. The lowest BCUT2D eigenvalue weighted by Crippen LogP contribution is -2.19. The van der Waals surface area contributed by atoms with Crippen molar-refractivity contribution in [1.29, 1.82) is 0 Å². The normalized spacial score (nSPS) is 12.1. The van der Waals surface area contributed by atoms with Crippen LogP contribution in [0.15, 0.2) is 0 Å². The standard InChI is InChI=1S/C31H60O4/c1-3-5-7-9-11-13-14-15-16-17-18-20-22-24-26-31(34)35-29(27-28-30(32)33)25-23-21-19-12-10-8-6-4-2/h29H,3-28H2,1-2H3,(H,32,33). The molecular weight excluding hydrogens is 436 g/mol. The van der Waals surface area contributed by atoms with Crippen LogP contribution in [0.4, 0.5) is 0 Å². The van der Waals surface area contributed by atoms with Gasteiger partial charge in [-0.15, -0.1) is 0 Å². The summed E-state index contributed by atoms with van der Waals surface area (Å²) in [6.45, 7) is 4.50. The molecule has 0 spiro atoms. The van der Waals surface area contributed by atoms with Crippen LogP contribution in [-0.2, 0) is 14.3 Å². The van der Waals surface area contributed by atoms with Crippen molar-refractivity contribution in [3.63, 3.8) is 0 Å². The van der Waals surface area contributed by atoms with Crippen molar-refractivity contribution in [1.82, 2.24) is 0 Å². The number of esters is 1. The summed E-state index contributed by atoms with van der Waals surface area (Å²) in [5.41, 5.74) is 0. The fraction of sp³-hybridized carbons (Fsp3) is 0.935. The number of ether oxygens (including phenoxy) is 1. The lowest BCUT2D eigenvalue weighted by Gasteiger charge is -2.17.